The Hall–Kier alpha value is -1.44. The molecule has 0 aliphatic rings. The first-order valence-corrected chi connectivity index (χ1v) is 9.21. The van der Waals surface area contributed by atoms with Gasteiger partial charge in [-0.2, -0.15) is 5.10 Å². The molecule has 23 heavy (non-hydrogen) atoms. The number of aromatic nitrogens is 1. The van der Waals surface area contributed by atoms with Gasteiger partial charge in [-0.05, 0) is 40.8 Å². The lowest BCUT2D eigenvalue weighted by molar-refractivity contribution is 0.848. The fraction of sp³-hybridized carbons (Fsp3) is 0.0588. The summed E-state index contributed by atoms with van der Waals surface area (Å²) in [6.45, 7) is 0. The van der Waals surface area contributed by atoms with Gasteiger partial charge in [-0.3, -0.25) is 4.99 Å². The van der Waals surface area contributed by atoms with E-state index >= 15 is 0 Å². The van der Waals surface area contributed by atoms with Crippen LogP contribution in [0.2, 0.25) is 5.02 Å². The van der Waals surface area contributed by atoms with E-state index in [1.165, 1.54) is 0 Å². The van der Waals surface area contributed by atoms with E-state index in [0.29, 0.717) is 0 Å². The zero-order valence-electron chi connectivity index (χ0n) is 12.3. The molecule has 0 fully saturated rings. The number of halogens is 2. The third-order valence-electron chi connectivity index (χ3n) is 3.23. The zero-order valence-corrected chi connectivity index (χ0v) is 16.0. The topological polar surface area (TPSA) is 29.6 Å². The van der Waals surface area contributed by atoms with Gasteiger partial charge < -0.3 is 0 Å². The van der Waals surface area contributed by atoms with E-state index in [0.717, 1.165) is 30.2 Å². The minimum atomic E-state index is 0.721. The molecular weight excluding hydrogens is 441 g/mol. The van der Waals surface area contributed by atoms with Crippen molar-refractivity contribution >= 4 is 51.7 Å². The summed E-state index contributed by atoms with van der Waals surface area (Å²) in [5, 5.41) is 7.41. The maximum Gasteiger partial charge on any atom is 0.205 e. The van der Waals surface area contributed by atoms with E-state index in [-0.39, 0.29) is 0 Å². The first-order chi connectivity index (χ1) is 11.2. The van der Waals surface area contributed by atoms with Crippen molar-refractivity contribution < 1.29 is 0 Å². The van der Waals surface area contributed by atoms with Gasteiger partial charge in [0.2, 0.25) is 4.80 Å². The van der Waals surface area contributed by atoms with Crippen LogP contribution in [0.1, 0.15) is 5.56 Å². The van der Waals surface area contributed by atoms with Crippen LogP contribution in [0.15, 0.2) is 64.0 Å². The largest absolute Gasteiger partial charge is 0.261 e. The third kappa shape index (κ3) is 3.73. The molecule has 2 aromatic carbocycles. The Balaban J connectivity index is 2.06. The standard InChI is InChI=1S/C17H13ClIN3S/c1-20-17-22(21-10-13-4-2-3-5-15(13)19)16(11-23-17)12-6-8-14(18)9-7-12/h2-11H,1H3. The van der Waals surface area contributed by atoms with Crippen LogP contribution in [0.5, 0.6) is 0 Å². The van der Waals surface area contributed by atoms with E-state index in [4.69, 9.17) is 11.6 Å². The van der Waals surface area contributed by atoms with Gasteiger partial charge in [0.25, 0.3) is 0 Å². The molecule has 1 heterocycles. The number of nitrogens with zero attached hydrogens (tertiary/aromatic N) is 3. The number of thiazole rings is 1. The van der Waals surface area contributed by atoms with Crippen molar-refractivity contribution in [3.05, 3.63) is 72.9 Å². The highest BCUT2D eigenvalue weighted by Gasteiger charge is 2.07. The van der Waals surface area contributed by atoms with E-state index < -0.39 is 0 Å². The SMILES string of the molecule is CN=c1scc(-c2ccc(Cl)cc2)n1N=Cc1ccccc1I. The maximum atomic E-state index is 5.98. The monoisotopic (exact) mass is 453 g/mol. The first kappa shape index (κ1) is 16.4. The summed E-state index contributed by atoms with van der Waals surface area (Å²) < 4.78 is 3.02. The van der Waals surface area contributed by atoms with Crippen molar-refractivity contribution in [2.24, 2.45) is 10.1 Å². The van der Waals surface area contributed by atoms with E-state index in [2.05, 4.69) is 44.1 Å². The predicted octanol–water partition coefficient (Wildman–Crippen LogP) is 4.89. The summed E-state index contributed by atoms with van der Waals surface area (Å²) in [5.74, 6) is 0. The Morgan fingerprint density at radius 3 is 2.57 bits per heavy atom. The lowest BCUT2D eigenvalue weighted by atomic mass is 10.2. The predicted molar refractivity (Wildman–Crippen MR) is 106 cm³/mol. The fourth-order valence-electron chi connectivity index (χ4n) is 2.08. The van der Waals surface area contributed by atoms with Crippen LogP contribution in [0.4, 0.5) is 0 Å². The van der Waals surface area contributed by atoms with Crippen molar-refractivity contribution in [1.82, 2.24) is 4.68 Å². The molecule has 0 unspecified atom stereocenters. The molecule has 0 aliphatic heterocycles. The molecule has 0 amide bonds. The lowest BCUT2D eigenvalue weighted by Gasteiger charge is -2.04. The number of hydrogen-bond acceptors (Lipinski definition) is 3. The molecule has 6 heteroatoms. The lowest BCUT2D eigenvalue weighted by Crippen LogP contribution is -2.11. The number of hydrogen-bond donors (Lipinski definition) is 0. The van der Waals surface area contributed by atoms with Gasteiger partial charge in [0.05, 0.1) is 11.9 Å². The average Bonchev–Trinajstić information content (AvgIpc) is 2.98. The molecule has 0 radical (unpaired) electrons. The molecule has 0 spiro atoms. The molecule has 3 nitrogen and oxygen atoms in total. The second kappa shape index (κ2) is 7.42. The first-order valence-electron chi connectivity index (χ1n) is 6.87. The molecule has 1 aromatic heterocycles. The van der Waals surface area contributed by atoms with E-state index in [1.54, 1.807) is 18.4 Å². The summed E-state index contributed by atoms with van der Waals surface area (Å²) in [7, 11) is 1.77. The van der Waals surface area contributed by atoms with Crippen LogP contribution < -0.4 is 4.80 Å². The average molecular weight is 454 g/mol. The zero-order chi connectivity index (χ0) is 16.2. The Bertz CT molecular complexity index is 910. The molecule has 0 atom stereocenters. The van der Waals surface area contributed by atoms with Gasteiger partial charge in [-0.25, -0.2) is 4.68 Å². The van der Waals surface area contributed by atoms with Crippen LogP contribution in [-0.4, -0.2) is 17.9 Å². The molecule has 3 rings (SSSR count). The van der Waals surface area contributed by atoms with Crippen LogP contribution in [0.3, 0.4) is 0 Å². The molecule has 116 valence electrons. The summed E-state index contributed by atoms with van der Waals surface area (Å²) in [6.07, 6.45) is 1.86. The van der Waals surface area contributed by atoms with Crippen LogP contribution >= 0.6 is 45.5 Å². The summed E-state index contributed by atoms with van der Waals surface area (Å²) in [5.41, 5.74) is 3.13. The van der Waals surface area contributed by atoms with Gasteiger partial charge in [0.1, 0.15) is 0 Å². The summed E-state index contributed by atoms with van der Waals surface area (Å²) >= 11 is 9.85. The Kier molecular flexibility index (Phi) is 5.30. The van der Waals surface area contributed by atoms with Gasteiger partial charge in [-0.1, -0.05) is 41.9 Å². The van der Waals surface area contributed by atoms with Gasteiger partial charge in [0, 0.05) is 32.1 Å². The molecule has 0 aliphatic carbocycles. The van der Waals surface area contributed by atoms with Crippen LogP contribution in [-0.2, 0) is 0 Å². The Morgan fingerprint density at radius 1 is 1.13 bits per heavy atom. The van der Waals surface area contributed by atoms with Crippen LogP contribution in [0, 0.1) is 3.57 Å². The minimum Gasteiger partial charge on any atom is -0.261 e. The summed E-state index contributed by atoms with van der Waals surface area (Å²) in [4.78, 5) is 5.15. The Morgan fingerprint density at radius 2 is 1.87 bits per heavy atom. The van der Waals surface area contributed by atoms with Crippen molar-refractivity contribution in [3.63, 3.8) is 0 Å². The third-order valence-corrected chi connectivity index (χ3v) is 5.38. The van der Waals surface area contributed by atoms with E-state index in [1.807, 2.05) is 53.4 Å². The van der Waals surface area contributed by atoms with Gasteiger partial charge >= 0.3 is 0 Å². The van der Waals surface area contributed by atoms with Crippen LogP contribution in [0.25, 0.3) is 11.3 Å². The number of rotatable bonds is 3. The van der Waals surface area contributed by atoms with Gasteiger partial charge in [-0.15, -0.1) is 11.3 Å². The maximum absolute atomic E-state index is 5.98. The molecule has 0 saturated carbocycles. The second-order valence-electron chi connectivity index (χ2n) is 4.71. The van der Waals surface area contributed by atoms with Crippen molar-refractivity contribution in [2.75, 3.05) is 7.05 Å². The molecule has 3 aromatic rings. The Labute approximate surface area is 157 Å². The highest BCUT2D eigenvalue weighted by Crippen LogP contribution is 2.22. The fourth-order valence-corrected chi connectivity index (χ4v) is 3.54. The highest BCUT2D eigenvalue weighted by molar-refractivity contribution is 14.1. The highest BCUT2D eigenvalue weighted by atomic mass is 127. The summed E-state index contributed by atoms with van der Waals surface area (Å²) in [6, 6.07) is 15.9. The smallest absolute Gasteiger partial charge is 0.205 e. The quantitative estimate of drug-likeness (QED) is 0.399. The normalized spacial score (nSPS) is 12.2. The van der Waals surface area contributed by atoms with Crippen molar-refractivity contribution in [1.29, 1.82) is 0 Å². The minimum absolute atomic E-state index is 0.721. The second-order valence-corrected chi connectivity index (χ2v) is 7.15. The molecule has 0 saturated heterocycles. The molecule has 0 bridgehead atoms. The van der Waals surface area contributed by atoms with Gasteiger partial charge in [0.15, 0.2) is 0 Å². The van der Waals surface area contributed by atoms with Crippen molar-refractivity contribution in [2.45, 2.75) is 0 Å². The van der Waals surface area contributed by atoms with Crippen molar-refractivity contribution in [3.8, 4) is 11.3 Å². The molecular formula is C17H13ClIN3S. The number of benzene rings is 2. The van der Waals surface area contributed by atoms with E-state index in [9.17, 15) is 0 Å². The molecule has 0 N–H and O–H groups in total.